The number of rotatable bonds is 5. The standard InChI is InChI=1S/C17H20ClFN2/c1-20-17(11-13-9-14(18)7-8-16(13)19)12-5-4-6-15(10-12)21(2)3/h4-10,17,20H,11H2,1-3H3. The molecule has 0 radical (unpaired) electrons. The summed E-state index contributed by atoms with van der Waals surface area (Å²) in [6, 6.07) is 13.0. The van der Waals surface area contributed by atoms with Gasteiger partial charge in [0.25, 0.3) is 0 Å². The lowest BCUT2D eigenvalue weighted by Gasteiger charge is -2.20. The van der Waals surface area contributed by atoms with Gasteiger partial charge in [-0.2, -0.15) is 0 Å². The van der Waals surface area contributed by atoms with Gasteiger partial charge in [-0.3, -0.25) is 0 Å². The predicted octanol–water partition coefficient (Wildman–Crippen LogP) is 4.05. The highest BCUT2D eigenvalue weighted by Crippen LogP contribution is 2.25. The molecule has 21 heavy (non-hydrogen) atoms. The molecular weight excluding hydrogens is 287 g/mol. The van der Waals surface area contributed by atoms with Crippen molar-refractivity contribution in [1.82, 2.24) is 5.32 Å². The van der Waals surface area contributed by atoms with E-state index in [4.69, 9.17) is 11.6 Å². The molecule has 0 fully saturated rings. The van der Waals surface area contributed by atoms with Crippen LogP contribution < -0.4 is 10.2 Å². The van der Waals surface area contributed by atoms with Crippen LogP contribution in [0.1, 0.15) is 17.2 Å². The molecule has 0 aliphatic rings. The Morgan fingerprint density at radius 2 is 1.95 bits per heavy atom. The van der Waals surface area contributed by atoms with Crippen LogP contribution in [0.15, 0.2) is 42.5 Å². The highest BCUT2D eigenvalue weighted by molar-refractivity contribution is 6.30. The van der Waals surface area contributed by atoms with Crippen LogP contribution in [0.2, 0.25) is 5.02 Å². The van der Waals surface area contributed by atoms with Gasteiger partial charge in [-0.15, -0.1) is 0 Å². The molecule has 2 aromatic rings. The van der Waals surface area contributed by atoms with Crippen molar-refractivity contribution < 1.29 is 4.39 Å². The van der Waals surface area contributed by atoms with E-state index in [1.165, 1.54) is 6.07 Å². The Morgan fingerprint density at radius 1 is 1.19 bits per heavy atom. The molecule has 0 aliphatic carbocycles. The number of likely N-dealkylation sites (N-methyl/N-ethyl adjacent to an activating group) is 1. The van der Waals surface area contributed by atoms with Gasteiger partial charge in [0.2, 0.25) is 0 Å². The van der Waals surface area contributed by atoms with Gasteiger partial charge in [-0.05, 0) is 54.9 Å². The second-order valence-electron chi connectivity index (χ2n) is 5.27. The van der Waals surface area contributed by atoms with Crippen molar-refractivity contribution in [3.63, 3.8) is 0 Å². The van der Waals surface area contributed by atoms with Crippen molar-refractivity contribution in [3.05, 3.63) is 64.4 Å². The summed E-state index contributed by atoms with van der Waals surface area (Å²) in [4.78, 5) is 2.05. The third kappa shape index (κ3) is 3.96. The molecule has 1 atom stereocenters. The molecule has 0 aromatic heterocycles. The van der Waals surface area contributed by atoms with Crippen LogP contribution in [-0.4, -0.2) is 21.1 Å². The summed E-state index contributed by atoms with van der Waals surface area (Å²) in [6.45, 7) is 0. The highest BCUT2D eigenvalue weighted by atomic mass is 35.5. The molecule has 2 aromatic carbocycles. The molecule has 0 spiro atoms. The fraction of sp³-hybridized carbons (Fsp3) is 0.294. The normalized spacial score (nSPS) is 12.2. The lowest BCUT2D eigenvalue weighted by Crippen LogP contribution is -2.20. The van der Waals surface area contributed by atoms with Crippen LogP contribution in [-0.2, 0) is 6.42 Å². The SMILES string of the molecule is CNC(Cc1cc(Cl)ccc1F)c1cccc(N(C)C)c1. The summed E-state index contributed by atoms with van der Waals surface area (Å²) in [6.07, 6.45) is 0.555. The number of hydrogen-bond acceptors (Lipinski definition) is 2. The lowest BCUT2D eigenvalue weighted by molar-refractivity contribution is 0.554. The summed E-state index contributed by atoms with van der Waals surface area (Å²) >= 11 is 5.96. The Kier molecular flexibility index (Phi) is 5.21. The van der Waals surface area contributed by atoms with E-state index in [-0.39, 0.29) is 11.9 Å². The minimum absolute atomic E-state index is 0.0397. The molecule has 0 amide bonds. The Balaban J connectivity index is 2.27. The topological polar surface area (TPSA) is 15.3 Å². The highest BCUT2D eigenvalue weighted by Gasteiger charge is 2.14. The second-order valence-corrected chi connectivity index (χ2v) is 5.71. The van der Waals surface area contributed by atoms with Gasteiger partial charge in [-0.1, -0.05) is 23.7 Å². The van der Waals surface area contributed by atoms with Crippen molar-refractivity contribution in [1.29, 1.82) is 0 Å². The van der Waals surface area contributed by atoms with Gasteiger partial charge in [0, 0.05) is 30.8 Å². The molecule has 2 rings (SSSR count). The number of nitrogens with zero attached hydrogens (tertiary/aromatic N) is 1. The Bertz CT molecular complexity index is 613. The summed E-state index contributed by atoms with van der Waals surface area (Å²) in [5.41, 5.74) is 2.87. The average molecular weight is 307 g/mol. The quantitative estimate of drug-likeness (QED) is 0.896. The predicted molar refractivity (Wildman–Crippen MR) is 87.7 cm³/mol. The molecule has 0 bridgehead atoms. The second kappa shape index (κ2) is 6.92. The van der Waals surface area contributed by atoms with Crippen LogP contribution in [0.3, 0.4) is 0 Å². The smallest absolute Gasteiger partial charge is 0.126 e. The van der Waals surface area contributed by atoms with E-state index in [2.05, 4.69) is 28.4 Å². The largest absolute Gasteiger partial charge is 0.378 e. The lowest BCUT2D eigenvalue weighted by atomic mass is 9.98. The third-order valence-corrected chi connectivity index (χ3v) is 3.80. The molecule has 1 unspecified atom stereocenters. The zero-order chi connectivity index (χ0) is 15.4. The van der Waals surface area contributed by atoms with Crippen molar-refractivity contribution in [2.45, 2.75) is 12.5 Å². The van der Waals surface area contributed by atoms with Gasteiger partial charge in [0.05, 0.1) is 0 Å². The first kappa shape index (κ1) is 15.8. The van der Waals surface area contributed by atoms with E-state index in [1.54, 1.807) is 12.1 Å². The van der Waals surface area contributed by atoms with E-state index < -0.39 is 0 Å². The van der Waals surface area contributed by atoms with Crippen LogP contribution in [0.4, 0.5) is 10.1 Å². The zero-order valence-corrected chi connectivity index (χ0v) is 13.3. The summed E-state index contributed by atoms with van der Waals surface area (Å²) in [5.74, 6) is -0.219. The average Bonchev–Trinajstić information content (AvgIpc) is 2.48. The molecule has 0 saturated carbocycles. The van der Waals surface area contributed by atoms with E-state index >= 15 is 0 Å². The first-order chi connectivity index (χ1) is 10.0. The minimum atomic E-state index is -0.219. The van der Waals surface area contributed by atoms with E-state index in [9.17, 15) is 4.39 Å². The Morgan fingerprint density at radius 3 is 2.62 bits per heavy atom. The molecule has 112 valence electrons. The van der Waals surface area contributed by atoms with Gasteiger partial charge in [0.1, 0.15) is 5.82 Å². The Labute approximate surface area is 130 Å². The molecule has 0 heterocycles. The van der Waals surface area contributed by atoms with Gasteiger partial charge in [0.15, 0.2) is 0 Å². The first-order valence-corrected chi connectivity index (χ1v) is 7.27. The maximum atomic E-state index is 13.9. The fourth-order valence-corrected chi connectivity index (χ4v) is 2.52. The van der Waals surface area contributed by atoms with Crippen molar-refractivity contribution in [2.24, 2.45) is 0 Å². The van der Waals surface area contributed by atoms with Gasteiger partial charge >= 0.3 is 0 Å². The van der Waals surface area contributed by atoms with E-state index in [0.29, 0.717) is 17.0 Å². The third-order valence-electron chi connectivity index (χ3n) is 3.57. The van der Waals surface area contributed by atoms with E-state index in [1.807, 2.05) is 27.2 Å². The number of hydrogen-bond donors (Lipinski definition) is 1. The molecule has 4 heteroatoms. The first-order valence-electron chi connectivity index (χ1n) is 6.89. The number of anilines is 1. The van der Waals surface area contributed by atoms with Gasteiger partial charge in [-0.25, -0.2) is 4.39 Å². The maximum Gasteiger partial charge on any atom is 0.126 e. The molecule has 0 saturated heterocycles. The summed E-state index contributed by atoms with van der Waals surface area (Å²) in [5, 5.41) is 3.81. The fourth-order valence-electron chi connectivity index (χ4n) is 2.33. The number of benzene rings is 2. The Hall–Kier alpha value is -1.58. The van der Waals surface area contributed by atoms with Crippen molar-refractivity contribution >= 4 is 17.3 Å². The van der Waals surface area contributed by atoms with Crippen LogP contribution in [0, 0.1) is 5.82 Å². The van der Waals surface area contributed by atoms with Crippen LogP contribution in [0.25, 0.3) is 0 Å². The monoisotopic (exact) mass is 306 g/mol. The number of nitrogens with one attached hydrogen (secondary N) is 1. The maximum absolute atomic E-state index is 13.9. The summed E-state index contributed by atoms with van der Waals surface area (Å²) in [7, 11) is 5.89. The zero-order valence-electron chi connectivity index (χ0n) is 12.5. The molecule has 1 N–H and O–H groups in total. The van der Waals surface area contributed by atoms with E-state index in [0.717, 1.165) is 11.3 Å². The minimum Gasteiger partial charge on any atom is -0.378 e. The van der Waals surface area contributed by atoms with Crippen molar-refractivity contribution in [3.8, 4) is 0 Å². The molecule has 2 nitrogen and oxygen atoms in total. The van der Waals surface area contributed by atoms with Crippen LogP contribution in [0.5, 0.6) is 0 Å². The summed E-state index contributed by atoms with van der Waals surface area (Å²) < 4.78 is 13.9. The van der Waals surface area contributed by atoms with Crippen molar-refractivity contribution in [2.75, 3.05) is 26.0 Å². The van der Waals surface area contributed by atoms with Gasteiger partial charge < -0.3 is 10.2 Å². The molecule has 0 aliphatic heterocycles. The van der Waals surface area contributed by atoms with Crippen LogP contribution >= 0.6 is 11.6 Å². The number of halogens is 2. The molecular formula is C17H20ClFN2.